The molecule has 0 unspecified atom stereocenters. The van der Waals surface area contributed by atoms with Crippen molar-refractivity contribution in [3.05, 3.63) is 0 Å². The van der Waals surface area contributed by atoms with Gasteiger partial charge in [0.1, 0.15) is 0 Å². The Balaban J connectivity index is 3.00. The number of carbonyl (C=O) groups is 3. The van der Waals surface area contributed by atoms with Crippen molar-refractivity contribution in [3.63, 3.8) is 0 Å². The van der Waals surface area contributed by atoms with Crippen molar-refractivity contribution < 1.29 is 27.7 Å². The first kappa shape index (κ1) is 14.7. The lowest BCUT2D eigenvalue weighted by molar-refractivity contribution is -0.148. The van der Waals surface area contributed by atoms with E-state index in [1.165, 1.54) is 20.8 Å². The maximum absolute atomic E-state index is 11.2. The van der Waals surface area contributed by atoms with Crippen LogP contribution in [0, 0.1) is 0 Å². The van der Waals surface area contributed by atoms with E-state index in [0.29, 0.717) is 0 Å². The number of rotatable bonds is 4. The van der Waals surface area contributed by atoms with Gasteiger partial charge in [0.25, 0.3) is 17.9 Å². The quantitative estimate of drug-likeness (QED) is 0.724. The molecule has 1 rings (SSSR count). The number of hydrogen-bond acceptors (Lipinski definition) is 6. The fraction of sp³-hybridized carbons (Fsp3) is 0.727. The van der Waals surface area contributed by atoms with E-state index < -0.39 is 26.7 Å². The summed E-state index contributed by atoms with van der Waals surface area (Å²) in [7, 11) is -3.60. The lowest BCUT2D eigenvalue weighted by Crippen LogP contribution is -2.52. The highest BCUT2D eigenvalue weighted by Gasteiger charge is 2.59. The predicted molar refractivity (Wildman–Crippen MR) is 63.3 cm³/mol. The maximum Gasteiger partial charge on any atom is 0.708 e. The normalized spacial score (nSPS) is 16.2. The summed E-state index contributed by atoms with van der Waals surface area (Å²) < 4.78 is 15.5. The van der Waals surface area contributed by atoms with Crippen LogP contribution in [-0.4, -0.2) is 26.7 Å². The van der Waals surface area contributed by atoms with Gasteiger partial charge in [-0.2, -0.15) is 0 Å². The van der Waals surface area contributed by atoms with Crippen LogP contribution < -0.4 is 0 Å². The van der Waals surface area contributed by atoms with Gasteiger partial charge in [0.05, 0.1) is 5.54 Å². The van der Waals surface area contributed by atoms with E-state index in [1.807, 2.05) is 0 Å². The molecule has 102 valence electrons. The van der Waals surface area contributed by atoms with Crippen LogP contribution in [0.5, 0.6) is 0 Å². The molecule has 0 aromatic carbocycles. The van der Waals surface area contributed by atoms with Crippen LogP contribution in [0.25, 0.3) is 0 Å². The minimum absolute atomic E-state index is 0.172. The summed E-state index contributed by atoms with van der Waals surface area (Å²) in [5, 5.41) is 0. The van der Waals surface area contributed by atoms with E-state index in [2.05, 4.69) is 0 Å². The molecule has 0 radical (unpaired) electrons. The molecule has 18 heavy (non-hydrogen) atoms. The predicted octanol–water partition coefficient (Wildman–Crippen LogP) is 1.56. The standard InChI is InChI=1S/C11H18O6Si/c1-8(12)15-18(16-9(2)13,17-10(3)14)11-6-4-5-7-11/h11H,4-7H2,1-3H3. The van der Waals surface area contributed by atoms with Crippen molar-refractivity contribution in [3.8, 4) is 0 Å². The van der Waals surface area contributed by atoms with Crippen LogP contribution in [0.3, 0.4) is 0 Å². The molecule has 0 N–H and O–H groups in total. The Kier molecular flexibility index (Phi) is 4.89. The summed E-state index contributed by atoms with van der Waals surface area (Å²) in [5.74, 6) is -1.80. The molecule has 0 aromatic rings. The Morgan fingerprint density at radius 3 is 1.44 bits per heavy atom. The second-order valence-electron chi connectivity index (χ2n) is 4.37. The van der Waals surface area contributed by atoms with Gasteiger partial charge in [-0.25, -0.2) is 0 Å². The van der Waals surface area contributed by atoms with Gasteiger partial charge in [-0.15, -0.1) is 0 Å². The average Bonchev–Trinajstić information content (AvgIpc) is 2.65. The van der Waals surface area contributed by atoms with Crippen molar-refractivity contribution in [2.45, 2.75) is 52.0 Å². The highest BCUT2D eigenvalue weighted by molar-refractivity contribution is 6.67. The van der Waals surface area contributed by atoms with Crippen LogP contribution in [0.4, 0.5) is 0 Å². The number of carbonyl (C=O) groups excluding carboxylic acids is 3. The first-order valence-electron chi connectivity index (χ1n) is 5.94. The Morgan fingerprint density at radius 1 is 0.833 bits per heavy atom. The fourth-order valence-corrected chi connectivity index (χ4v) is 5.14. The molecular weight excluding hydrogens is 256 g/mol. The molecule has 0 amide bonds. The van der Waals surface area contributed by atoms with Crippen molar-refractivity contribution >= 4 is 26.7 Å². The molecule has 6 nitrogen and oxygen atoms in total. The van der Waals surface area contributed by atoms with Gasteiger partial charge in [0.2, 0.25) is 0 Å². The molecular formula is C11H18O6Si. The molecule has 0 atom stereocenters. The molecule has 1 aliphatic carbocycles. The zero-order valence-electron chi connectivity index (χ0n) is 10.9. The van der Waals surface area contributed by atoms with Gasteiger partial charge < -0.3 is 13.3 Å². The van der Waals surface area contributed by atoms with E-state index in [9.17, 15) is 14.4 Å². The number of hydrogen-bond donors (Lipinski definition) is 0. The lowest BCUT2D eigenvalue weighted by Gasteiger charge is -2.30. The Hall–Kier alpha value is -1.37. The molecule has 7 heteroatoms. The monoisotopic (exact) mass is 274 g/mol. The van der Waals surface area contributed by atoms with Crippen molar-refractivity contribution in [2.24, 2.45) is 0 Å². The summed E-state index contributed by atoms with van der Waals surface area (Å²) in [5.41, 5.74) is -0.172. The van der Waals surface area contributed by atoms with Crippen molar-refractivity contribution in [2.75, 3.05) is 0 Å². The van der Waals surface area contributed by atoms with Crippen LogP contribution in [-0.2, 0) is 27.7 Å². The molecule has 1 saturated carbocycles. The Morgan fingerprint density at radius 2 is 1.17 bits per heavy atom. The van der Waals surface area contributed by atoms with Gasteiger partial charge in [-0.3, -0.25) is 14.4 Å². The highest BCUT2D eigenvalue weighted by Crippen LogP contribution is 2.40. The fourth-order valence-electron chi connectivity index (χ4n) is 2.19. The van der Waals surface area contributed by atoms with Gasteiger partial charge in [-0.05, 0) is 12.8 Å². The second-order valence-corrected chi connectivity index (χ2v) is 7.00. The summed E-state index contributed by atoms with van der Waals surface area (Å²) in [6, 6.07) is 0. The third-order valence-corrected chi connectivity index (χ3v) is 6.01. The molecule has 1 aliphatic rings. The van der Waals surface area contributed by atoms with E-state index in [1.54, 1.807) is 0 Å². The SMILES string of the molecule is CC(=O)O[Si](OC(C)=O)(OC(C)=O)C1CCCC1. The molecule has 0 spiro atoms. The molecule has 0 saturated heterocycles. The first-order valence-corrected chi connectivity index (χ1v) is 7.74. The second kappa shape index (κ2) is 5.99. The Labute approximate surface area is 107 Å². The lowest BCUT2D eigenvalue weighted by atomic mass is 10.4. The minimum Gasteiger partial charge on any atom is -0.455 e. The van der Waals surface area contributed by atoms with Crippen LogP contribution in [0.15, 0.2) is 0 Å². The summed E-state index contributed by atoms with van der Waals surface area (Å²) in [6.07, 6.45) is 3.37. The van der Waals surface area contributed by atoms with Gasteiger partial charge >= 0.3 is 8.80 Å². The summed E-state index contributed by atoms with van der Waals surface area (Å²) in [6.45, 7) is 3.64. The van der Waals surface area contributed by atoms with Crippen LogP contribution >= 0.6 is 0 Å². The van der Waals surface area contributed by atoms with E-state index in [4.69, 9.17) is 13.3 Å². The molecule has 0 heterocycles. The highest BCUT2D eigenvalue weighted by atomic mass is 28.4. The first-order chi connectivity index (χ1) is 8.35. The largest absolute Gasteiger partial charge is 0.708 e. The smallest absolute Gasteiger partial charge is 0.455 e. The summed E-state index contributed by atoms with van der Waals surface area (Å²) >= 11 is 0. The Bertz CT molecular complexity index is 307. The van der Waals surface area contributed by atoms with Gasteiger partial charge in [0, 0.05) is 20.8 Å². The zero-order chi connectivity index (χ0) is 13.8. The summed E-state index contributed by atoms with van der Waals surface area (Å²) in [4.78, 5) is 33.6. The van der Waals surface area contributed by atoms with Gasteiger partial charge in [0.15, 0.2) is 0 Å². The molecule has 0 bridgehead atoms. The topological polar surface area (TPSA) is 78.9 Å². The third kappa shape index (κ3) is 3.83. The molecule has 0 aromatic heterocycles. The minimum atomic E-state index is -3.60. The van der Waals surface area contributed by atoms with Crippen molar-refractivity contribution in [1.29, 1.82) is 0 Å². The van der Waals surface area contributed by atoms with Gasteiger partial charge in [-0.1, -0.05) is 12.8 Å². The maximum atomic E-state index is 11.2. The van der Waals surface area contributed by atoms with E-state index in [-0.39, 0.29) is 5.54 Å². The third-order valence-electron chi connectivity index (χ3n) is 2.71. The zero-order valence-corrected chi connectivity index (χ0v) is 11.9. The van der Waals surface area contributed by atoms with Crippen LogP contribution in [0.1, 0.15) is 46.5 Å². The van der Waals surface area contributed by atoms with E-state index >= 15 is 0 Å². The molecule has 1 fully saturated rings. The van der Waals surface area contributed by atoms with Crippen molar-refractivity contribution in [1.82, 2.24) is 0 Å². The average molecular weight is 274 g/mol. The van der Waals surface area contributed by atoms with E-state index in [0.717, 1.165) is 25.7 Å². The van der Waals surface area contributed by atoms with Crippen LogP contribution in [0.2, 0.25) is 5.54 Å². The molecule has 0 aliphatic heterocycles.